The summed E-state index contributed by atoms with van der Waals surface area (Å²) >= 11 is 5.78. The van der Waals surface area contributed by atoms with Gasteiger partial charge >= 0.3 is 11.7 Å². The largest absolute Gasteiger partial charge is 0.478 e. The topological polar surface area (TPSA) is 89.7 Å². The summed E-state index contributed by atoms with van der Waals surface area (Å²) in [5, 5.41) is 20.1. The summed E-state index contributed by atoms with van der Waals surface area (Å²) in [7, 11) is 0. The van der Waals surface area contributed by atoms with Crippen molar-refractivity contribution in [1.29, 1.82) is 0 Å². The zero-order valence-electron chi connectivity index (χ0n) is 10.9. The number of hydrogen-bond acceptors (Lipinski definition) is 4. The van der Waals surface area contributed by atoms with E-state index < -0.39 is 16.6 Å². The van der Waals surface area contributed by atoms with Crippen LogP contribution in [0.3, 0.4) is 0 Å². The summed E-state index contributed by atoms with van der Waals surface area (Å²) < 4.78 is 5.39. The second-order valence-electron chi connectivity index (χ2n) is 4.25. The fourth-order valence-electron chi connectivity index (χ4n) is 1.77. The second-order valence-corrected chi connectivity index (χ2v) is 4.66. The molecule has 0 fully saturated rings. The number of aryl methyl sites for hydroxylation is 1. The van der Waals surface area contributed by atoms with E-state index in [0.29, 0.717) is 0 Å². The van der Waals surface area contributed by atoms with E-state index in [0.717, 1.165) is 5.56 Å². The summed E-state index contributed by atoms with van der Waals surface area (Å²) in [6.45, 7) is 1.73. The molecule has 0 bridgehead atoms. The van der Waals surface area contributed by atoms with E-state index in [1.54, 1.807) is 13.0 Å². The maximum Gasteiger partial charge on any atom is 0.339 e. The Morgan fingerprint density at radius 2 is 2.00 bits per heavy atom. The van der Waals surface area contributed by atoms with Gasteiger partial charge in [0.1, 0.15) is 16.3 Å². The number of nitrogens with zero attached hydrogens (tertiary/aromatic N) is 1. The molecule has 0 aliphatic heterocycles. The number of carboxylic acids is 1. The van der Waals surface area contributed by atoms with Crippen LogP contribution in [0.5, 0.6) is 11.5 Å². The first kappa shape index (κ1) is 14.8. The van der Waals surface area contributed by atoms with Crippen molar-refractivity contribution in [3.8, 4) is 11.5 Å². The molecule has 0 radical (unpaired) electrons. The van der Waals surface area contributed by atoms with E-state index in [2.05, 4.69) is 0 Å². The summed E-state index contributed by atoms with van der Waals surface area (Å²) in [5.41, 5.74) is 0.251. The average molecular weight is 308 g/mol. The fraction of sp³-hybridized carbons (Fsp3) is 0.0714. The van der Waals surface area contributed by atoms with Crippen molar-refractivity contribution >= 4 is 23.3 Å². The van der Waals surface area contributed by atoms with E-state index in [1.807, 2.05) is 0 Å². The molecule has 1 N–H and O–H groups in total. The number of nitro benzene ring substituents is 1. The number of benzene rings is 2. The third-order valence-electron chi connectivity index (χ3n) is 2.72. The van der Waals surface area contributed by atoms with Gasteiger partial charge in [0.15, 0.2) is 0 Å². The molecule has 2 aromatic rings. The predicted molar refractivity (Wildman–Crippen MR) is 76.3 cm³/mol. The summed E-state index contributed by atoms with van der Waals surface area (Å²) in [4.78, 5) is 21.6. The minimum Gasteiger partial charge on any atom is -0.478 e. The molecule has 0 aromatic heterocycles. The van der Waals surface area contributed by atoms with E-state index in [1.165, 1.54) is 30.3 Å². The molecule has 0 heterocycles. The molecule has 2 rings (SSSR count). The first-order valence-corrected chi connectivity index (χ1v) is 6.22. The first-order chi connectivity index (χ1) is 9.90. The Morgan fingerprint density at radius 1 is 1.29 bits per heavy atom. The van der Waals surface area contributed by atoms with Crippen LogP contribution in [0, 0.1) is 17.0 Å². The number of hydrogen-bond donors (Lipinski definition) is 1. The van der Waals surface area contributed by atoms with E-state index in [4.69, 9.17) is 21.4 Å². The third kappa shape index (κ3) is 3.11. The molecule has 7 heteroatoms. The number of carboxylic acid groups (broad SMARTS) is 1. The van der Waals surface area contributed by atoms with Crippen molar-refractivity contribution in [2.75, 3.05) is 0 Å². The highest BCUT2D eigenvalue weighted by Crippen LogP contribution is 2.38. The highest BCUT2D eigenvalue weighted by Gasteiger charge is 2.22. The molecule has 0 unspecified atom stereocenters. The highest BCUT2D eigenvalue weighted by atomic mass is 35.5. The number of ether oxygens (including phenoxy) is 1. The standard InChI is InChI=1S/C14H10ClNO5/c1-8-5-6-11(9(7-8)14(17)18)21-12-4-2-3-10(15)13(12)16(19)20/h2-7H,1H3,(H,17,18). The Morgan fingerprint density at radius 3 is 2.62 bits per heavy atom. The normalized spacial score (nSPS) is 10.2. The number of carbonyl (C=O) groups is 1. The molecule has 0 saturated heterocycles. The number of nitro groups is 1. The quantitative estimate of drug-likeness (QED) is 0.680. The molecule has 0 saturated carbocycles. The number of halogens is 1. The van der Waals surface area contributed by atoms with Crippen LogP contribution in [0.25, 0.3) is 0 Å². The van der Waals surface area contributed by atoms with Gasteiger partial charge in [-0.05, 0) is 31.2 Å². The lowest BCUT2D eigenvalue weighted by atomic mass is 10.1. The second kappa shape index (κ2) is 5.80. The smallest absolute Gasteiger partial charge is 0.339 e. The summed E-state index contributed by atoms with van der Waals surface area (Å²) in [6, 6.07) is 8.73. The van der Waals surface area contributed by atoms with Gasteiger partial charge in [-0.3, -0.25) is 10.1 Å². The van der Waals surface area contributed by atoms with Gasteiger partial charge in [0.2, 0.25) is 5.75 Å². The van der Waals surface area contributed by atoms with Gasteiger partial charge in [-0.15, -0.1) is 0 Å². The third-order valence-corrected chi connectivity index (χ3v) is 3.02. The SMILES string of the molecule is Cc1ccc(Oc2cccc(Cl)c2[N+](=O)[O-])c(C(=O)O)c1. The van der Waals surface area contributed by atoms with E-state index in [-0.39, 0.29) is 22.1 Å². The fourth-order valence-corrected chi connectivity index (χ4v) is 2.01. The first-order valence-electron chi connectivity index (χ1n) is 5.85. The monoisotopic (exact) mass is 307 g/mol. The number of rotatable bonds is 4. The lowest BCUT2D eigenvalue weighted by Gasteiger charge is -2.10. The molecule has 0 aliphatic carbocycles. The van der Waals surface area contributed by atoms with Crippen LogP contribution in [0.1, 0.15) is 15.9 Å². The minimum absolute atomic E-state index is 0.0125. The van der Waals surface area contributed by atoms with Gasteiger partial charge < -0.3 is 9.84 Å². The minimum atomic E-state index is -1.18. The number of para-hydroxylation sites is 1. The summed E-state index contributed by atoms with van der Waals surface area (Å²) in [5.74, 6) is -1.28. The van der Waals surface area contributed by atoms with Gasteiger partial charge in [0, 0.05) is 0 Å². The molecular weight excluding hydrogens is 298 g/mol. The van der Waals surface area contributed by atoms with Crippen molar-refractivity contribution in [3.05, 3.63) is 62.7 Å². The number of aromatic carboxylic acids is 1. The molecule has 0 spiro atoms. The lowest BCUT2D eigenvalue weighted by molar-refractivity contribution is -0.385. The maximum absolute atomic E-state index is 11.2. The molecule has 6 nitrogen and oxygen atoms in total. The van der Waals surface area contributed by atoms with Crippen LogP contribution >= 0.6 is 11.6 Å². The van der Waals surface area contributed by atoms with E-state index >= 15 is 0 Å². The van der Waals surface area contributed by atoms with Crippen LogP contribution in [0.2, 0.25) is 5.02 Å². The van der Waals surface area contributed by atoms with Crippen LogP contribution in [-0.2, 0) is 0 Å². The van der Waals surface area contributed by atoms with Crippen molar-refractivity contribution in [3.63, 3.8) is 0 Å². The Labute approximate surface area is 124 Å². The van der Waals surface area contributed by atoms with Crippen LogP contribution < -0.4 is 4.74 Å². The molecule has 0 atom stereocenters. The average Bonchev–Trinajstić information content (AvgIpc) is 2.40. The Hall–Kier alpha value is -2.60. The van der Waals surface area contributed by atoms with Gasteiger partial charge in [-0.1, -0.05) is 29.3 Å². The van der Waals surface area contributed by atoms with Gasteiger partial charge in [0.25, 0.3) is 0 Å². The molecule has 0 amide bonds. The van der Waals surface area contributed by atoms with E-state index in [9.17, 15) is 14.9 Å². The molecule has 0 aliphatic rings. The van der Waals surface area contributed by atoms with Gasteiger partial charge in [-0.2, -0.15) is 0 Å². The lowest BCUT2D eigenvalue weighted by Crippen LogP contribution is -2.02. The predicted octanol–water partition coefficient (Wildman–Crippen LogP) is 4.05. The molecular formula is C14H10ClNO5. The van der Waals surface area contributed by atoms with Crippen molar-refractivity contribution in [2.45, 2.75) is 6.92 Å². The van der Waals surface area contributed by atoms with Crippen LogP contribution in [0.15, 0.2) is 36.4 Å². The van der Waals surface area contributed by atoms with Crippen molar-refractivity contribution < 1.29 is 19.6 Å². The van der Waals surface area contributed by atoms with Crippen LogP contribution in [0.4, 0.5) is 5.69 Å². The highest BCUT2D eigenvalue weighted by molar-refractivity contribution is 6.33. The van der Waals surface area contributed by atoms with Gasteiger partial charge in [0.05, 0.1) is 4.92 Å². The van der Waals surface area contributed by atoms with Crippen molar-refractivity contribution in [2.24, 2.45) is 0 Å². The maximum atomic E-state index is 11.2. The molecule has 2 aromatic carbocycles. The summed E-state index contributed by atoms with van der Waals surface area (Å²) in [6.07, 6.45) is 0. The Kier molecular flexibility index (Phi) is 4.09. The van der Waals surface area contributed by atoms with Gasteiger partial charge in [-0.25, -0.2) is 4.79 Å². The zero-order valence-corrected chi connectivity index (χ0v) is 11.6. The van der Waals surface area contributed by atoms with Crippen LogP contribution in [-0.4, -0.2) is 16.0 Å². The Bertz CT molecular complexity index is 729. The zero-order chi connectivity index (χ0) is 15.6. The molecule has 108 valence electrons. The van der Waals surface area contributed by atoms with Crippen molar-refractivity contribution in [1.82, 2.24) is 0 Å². The Balaban J connectivity index is 2.51. The molecule has 21 heavy (non-hydrogen) atoms.